The van der Waals surface area contributed by atoms with E-state index < -0.39 is 5.54 Å². The number of allylic oxidation sites excluding steroid dienone is 5. The molecule has 0 fully saturated rings. The molecule has 0 radical (unpaired) electrons. The van der Waals surface area contributed by atoms with Gasteiger partial charge in [0.25, 0.3) is 0 Å². The molecule has 0 saturated carbocycles. The fraction of sp³-hybridized carbons (Fsp3) is 0.259. The molecule has 4 aliphatic heterocycles. The van der Waals surface area contributed by atoms with E-state index >= 15 is 0 Å². The number of nitrogens with zero attached hydrogens (tertiary/aromatic N) is 5. The molecular formula is C58H61N7O4. The first kappa shape index (κ1) is 46.8. The highest BCUT2D eigenvalue weighted by Crippen LogP contribution is 2.44. The maximum absolute atomic E-state index is 11.9. The number of aldehydes is 1. The third-order valence-electron chi connectivity index (χ3n) is 12.7. The number of H-pyrrole nitrogens is 1. The van der Waals surface area contributed by atoms with E-state index in [4.69, 9.17) is 24.2 Å². The first-order chi connectivity index (χ1) is 33.4. The number of fused-ring (bicyclic) bond motifs is 6. The molecule has 0 amide bonds. The van der Waals surface area contributed by atoms with Gasteiger partial charge in [-0.05, 0) is 151 Å². The number of aromatic amines is 1. The van der Waals surface area contributed by atoms with Gasteiger partial charge in [0, 0.05) is 63.9 Å². The highest BCUT2D eigenvalue weighted by Gasteiger charge is 2.38. The fourth-order valence-electron chi connectivity index (χ4n) is 9.00. The van der Waals surface area contributed by atoms with Crippen molar-refractivity contribution in [3.8, 4) is 17.2 Å². The van der Waals surface area contributed by atoms with Crippen LogP contribution < -0.4 is 30.2 Å². The van der Waals surface area contributed by atoms with Crippen LogP contribution >= 0.6 is 0 Å². The number of aliphatic imine (C=N–C) groups is 2. The van der Waals surface area contributed by atoms with Crippen LogP contribution in [0.5, 0.6) is 17.2 Å². The SMILES string of the molecule is CN(C)CCOc1ccc(/C2=C3\C=CC(=N3)/C(c3ccc(OCCN(C)C)cc3)=c3/cc/c([nH]3)=C(\c3ccc(OCCN(C)C)cc3)C3=N/C(=C(/c4ccc(C=O)cc4)C4=CCC2(C)N4)C=C3)cc1. The lowest BCUT2D eigenvalue weighted by Gasteiger charge is -2.32. The molecule has 2 N–H and O–H groups in total. The Morgan fingerprint density at radius 3 is 1.42 bits per heavy atom. The zero-order valence-corrected chi connectivity index (χ0v) is 40.7. The van der Waals surface area contributed by atoms with Gasteiger partial charge in [-0.1, -0.05) is 66.7 Å². The van der Waals surface area contributed by atoms with Gasteiger partial charge in [0.1, 0.15) is 43.4 Å². The number of carbonyl (C=O) groups is 1. The van der Waals surface area contributed by atoms with Crippen LogP contribution in [0.1, 0.15) is 46.0 Å². The molecule has 9 rings (SSSR count). The first-order valence-electron chi connectivity index (χ1n) is 23.6. The van der Waals surface area contributed by atoms with Crippen molar-refractivity contribution in [2.24, 2.45) is 9.98 Å². The zero-order chi connectivity index (χ0) is 48.1. The van der Waals surface area contributed by atoms with Crippen LogP contribution in [0.4, 0.5) is 0 Å². The summed E-state index contributed by atoms with van der Waals surface area (Å²) in [5, 5.41) is 5.84. The van der Waals surface area contributed by atoms with Gasteiger partial charge in [0.05, 0.1) is 28.4 Å². The van der Waals surface area contributed by atoms with Gasteiger partial charge in [-0.3, -0.25) is 4.79 Å². The Labute approximate surface area is 405 Å². The zero-order valence-electron chi connectivity index (χ0n) is 40.7. The fourth-order valence-corrected chi connectivity index (χ4v) is 9.00. The Bertz CT molecular complexity index is 3060. The smallest absolute Gasteiger partial charge is 0.150 e. The van der Waals surface area contributed by atoms with E-state index in [2.05, 4.69) is 123 Å². The number of ether oxygens (including phenoxy) is 3. The Balaban J connectivity index is 1.27. The number of rotatable bonds is 17. The average molecular weight is 920 g/mol. The topological polar surface area (TPSA) is 107 Å². The molecule has 352 valence electrons. The molecule has 5 heterocycles. The number of benzene rings is 4. The third kappa shape index (κ3) is 10.6. The van der Waals surface area contributed by atoms with Crippen molar-refractivity contribution >= 4 is 40.0 Å². The predicted molar refractivity (Wildman–Crippen MR) is 280 cm³/mol. The largest absolute Gasteiger partial charge is 0.492 e. The van der Waals surface area contributed by atoms with Gasteiger partial charge < -0.3 is 39.2 Å². The Morgan fingerprint density at radius 2 is 0.957 bits per heavy atom. The lowest BCUT2D eigenvalue weighted by molar-refractivity contribution is 0.112. The molecule has 11 heteroatoms. The Hall–Kier alpha value is -7.31. The molecule has 1 aromatic heterocycles. The highest BCUT2D eigenvalue weighted by atomic mass is 16.5. The third-order valence-corrected chi connectivity index (χ3v) is 12.7. The summed E-state index contributed by atoms with van der Waals surface area (Å²) in [7, 11) is 12.3. The number of hydrogen-bond donors (Lipinski definition) is 2. The highest BCUT2D eigenvalue weighted by molar-refractivity contribution is 6.31. The standard InChI is InChI=1S/C58H61N7O4/c1-58-31-30-52(62-58)56(40-10-8-39(38-66)9-11-40)51-27-26-48(60-51)54(41-12-18-44(19-13-41)67-35-32-63(2)3)47-24-25-49(59-47)55(42-14-20-45(21-15-42)68-36-33-64(4)5)50-28-29-53(61-50)57(58)43-16-22-46(23-17-43)69-37-34-65(6)7/h8-30,38,59,62H,31-37H2,1-7H3/b54-47-,55-49-,56-51-,57-53-. The van der Waals surface area contributed by atoms with Gasteiger partial charge >= 0.3 is 0 Å². The second kappa shape index (κ2) is 20.5. The maximum Gasteiger partial charge on any atom is 0.150 e. The van der Waals surface area contributed by atoms with Crippen molar-refractivity contribution < 1.29 is 19.0 Å². The minimum Gasteiger partial charge on any atom is -0.492 e. The molecule has 0 saturated heterocycles. The lowest BCUT2D eigenvalue weighted by Crippen LogP contribution is -2.39. The van der Waals surface area contributed by atoms with E-state index in [1.165, 1.54) is 0 Å². The van der Waals surface area contributed by atoms with Crippen molar-refractivity contribution in [3.63, 3.8) is 0 Å². The molecule has 4 aromatic carbocycles. The minimum atomic E-state index is -0.597. The number of carbonyl (C=O) groups excluding carboxylic acids is 1. The van der Waals surface area contributed by atoms with Crippen molar-refractivity contribution in [2.75, 3.05) is 81.7 Å². The summed E-state index contributed by atoms with van der Waals surface area (Å²) < 4.78 is 18.4. The molecule has 11 nitrogen and oxygen atoms in total. The van der Waals surface area contributed by atoms with Crippen LogP contribution in [0.2, 0.25) is 0 Å². The summed E-state index contributed by atoms with van der Waals surface area (Å²) in [6.07, 6.45) is 12.3. The first-order valence-corrected chi connectivity index (χ1v) is 23.6. The van der Waals surface area contributed by atoms with E-state index in [0.717, 1.165) is 127 Å². The van der Waals surface area contributed by atoms with Gasteiger partial charge in [-0.15, -0.1) is 0 Å². The summed E-state index contributed by atoms with van der Waals surface area (Å²) in [4.78, 5) is 33.1. The maximum atomic E-state index is 11.9. The Morgan fingerprint density at radius 1 is 0.536 bits per heavy atom. The van der Waals surface area contributed by atoms with E-state index in [-0.39, 0.29) is 0 Å². The normalized spacial score (nSPS) is 21.2. The van der Waals surface area contributed by atoms with Gasteiger partial charge in [-0.25, -0.2) is 9.98 Å². The van der Waals surface area contributed by atoms with Crippen molar-refractivity contribution in [1.82, 2.24) is 25.0 Å². The van der Waals surface area contributed by atoms with Crippen molar-refractivity contribution in [3.05, 3.63) is 195 Å². The number of likely N-dealkylation sites (N-methyl/N-ethyl adjacent to an activating group) is 3. The van der Waals surface area contributed by atoms with Crippen LogP contribution in [0.25, 0.3) is 22.3 Å². The second-order valence-corrected chi connectivity index (χ2v) is 18.8. The van der Waals surface area contributed by atoms with Crippen LogP contribution in [0.3, 0.4) is 0 Å². The van der Waals surface area contributed by atoms with Crippen LogP contribution in [-0.2, 0) is 0 Å². The van der Waals surface area contributed by atoms with Gasteiger partial charge in [-0.2, -0.15) is 0 Å². The van der Waals surface area contributed by atoms with E-state index in [1.54, 1.807) is 0 Å². The quantitative estimate of drug-likeness (QED) is 0.0923. The van der Waals surface area contributed by atoms with Crippen LogP contribution in [-0.4, -0.2) is 125 Å². The van der Waals surface area contributed by atoms with E-state index in [1.807, 2.05) is 90.8 Å². The molecule has 1 atom stereocenters. The monoisotopic (exact) mass is 919 g/mol. The van der Waals surface area contributed by atoms with E-state index in [9.17, 15) is 4.79 Å². The average Bonchev–Trinajstić information content (AvgIpc) is 4.18. The summed E-state index contributed by atoms with van der Waals surface area (Å²) in [6, 6.07) is 37.0. The minimum absolute atomic E-state index is 0.586. The predicted octanol–water partition coefficient (Wildman–Crippen LogP) is 7.54. The number of nitrogens with one attached hydrogen (secondary N) is 2. The molecule has 5 aromatic rings. The summed E-state index contributed by atoms with van der Waals surface area (Å²) >= 11 is 0. The van der Waals surface area contributed by atoms with Gasteiger partial charge in [0.2, 0.25) is 0 Å². The van der Waals surface area contributed by atoms with E-state index in [0.29, 0.717) is 31.8 Å². The van der Waals surface area contributed by atoms with Crippen LogP contribution in [0.15, 0.2) is 167 Å². The molecule has 8 bridgehead atoms. The summed E-state index contributed by atoms with van der Waals surface area (Å²) in [5.74, 6) is 2.43. The Kier molecular flexibility index (Phi) is 13.9. The molecule has 0 spiro atoms. The van der Waals surface area contributed by atoms with Gasteiger partial charge in [0.15, 0.2) is 0 Å². The van der Waals surface area contributed by atoms with Crippen molar-refractivity contribution in [1.29, 1.82) is 0 Å². The molecule has 0 aliphatic carbocycles. The number of aromatic nitrogens is 1. The second-order valence-electron chi connectivity index (χ2n) is 18.8. The molecular weight excluding hydrogens is 859 g/mol. The van der Waals surface area contributed by atoms with Crippen molar-refractivity contribution in [2.45, 2.75) is 18.9 Å². The lowest BCUT2D eigenvalue weighted by atomic mass is 9.83. The molecule has 4 aliphatic rings. The number of hydrogen-bond acceptors (Lipinski definition) is 10. The van der Waals surface area contributed by atoms with Crippen LogP contribution in [0, 0.1) is 0 Å². The summed E-state index contributed by atoms with van der Waals surface area (Å²) in [5.41, 5.74) is 12.1. The molecule has 69 heavy (non-hydrogen) atoms. The molecule has 1 unspecified atom stereocenters. The summed E-state index contributed by atoms with van der Waals surface area (Å²) in [6.45, 7) is 6.47.